The molecular formula is C26H28N2O6. The van der Waals surface area contributed by atoms with Crippen molar-refractivity contribution in [3.63, 3.8) is 0 Å². The van der Waals surface area contributed by atoms with Gasteiger partial charge in [-0.05, 0) is 50.2 Å². The molecule has 8 heteroatoms. The minimum Gasteiger partial charge on any atom is -0.497 e. The van der Waals surface area contributed by atoms with Gasteiger partial charge in [-0.15, -0.1) is 0 Å². The molecule has 0 radical (unpaired) electrons. The quantitative estimate of drug-likeness (QED) is 0.425. The Morgan fingerprint density at radius 1 is 0.735 bits per heavy atom. The van der Waals surface area contributed by atoms with Gasteiger partial charge in [0.1, 0.15) is 23.0 Å². The van der Waals surface area contributed by atoms with Gasteiger partial charge in [-0.2, -0.15) is 0 Å². The maximum atomic E-state index is 12.7. The fourth-order valence-electron chi connectivity index (χ4n) is 3.10. The summed E-state index contributed by atoms with van der Waals surface area (Å²) < 4.78 is 22.1. The van der Waals surface area contributed by atoms with E-state index in [0.717, 1.165) is 0 Å². The number of methoxy groups -OCH3 is 1. The summed E-state index contributed by atoms with van der Waals surface area (Å²) in [4.78, 5) is 25.2. The Bertz CT molecular complexity index is 1100. The maximum absolute atomic E-state index is 12.7. The summed E-state index contributed by atoms with van der Waals surface area (Å²) in [5.41, 5.74) is 1.36. The van der Waals surface area contributed by atoms with E-state index in [1.54, 1.807) is 67.8 Å². The Morgan fingerprint density at radius 3 is 1.85 bits per heavy atom. The first-order chi connectivity index (χ1) is 16.5. The van der Waals surface area contributed by atoms with Crippen LogP contribution >= 0.6 is 0 Å². The molecule has 0 saturated carbocycles. The predicted octanol–water partition coefficient (Wildman–Crippen LogP) is 4.76. The van der Waals surface area contributed by atoms with Crippen molar-refractivity contribution in [1.29, 1.82) is 0 Å². The van der Waals surface area contributed by atoms with Crippen LogP contribution in [-0.4, -0.2) is 38.7 Å². The molecule has 8 nitrogen and oxygen atoms in total. The molecule has 2 amide bonds. The number of hydrogen-bond donors (Lipinski definition) is 2. The third kappa shape index (κ3) is 6.65. The highest BCUT2D eigenvalue weighted by atomic mass is 16.5. The van der Waals surface area contributed by atoms with Crippen molar-refractivity contribution in [2.45, 2.75) is 13.8 Å². The molecule has 0 bridgehead atoms. The summed E-state index contributed by atoms with van der Waals surface area (Å²) in [6.07, 6.45) is 0. The molecule has 2 N–H and O–H groups in total. The highest BCUT2D eigenvalue weighted by Crippen LogP contribution is 2.37. The molecule has 0 atom stereocenters. The SMILES string of the molecule is CCOc1cc(NC(=O)c2ccccc2)c(OCC)cc1NC(=O)COc1ccc(OC)cc1. The van der Waals surface area contributed by atoms with E-state index in [1.807, 2.05) is 19.9 Å². The fourth-order valence-corrected chi connectivity index (χ4v) is 3.10. The number of ether oxygens (including phenoxy) is 4. The second-order valence-corrected chi connectivity index (χ2v) is 7.04. The van der Waals surface area contributed by atoms with Gasteiger partial charge in [0, 0.05) is 17.7 Å². The van der Waals surface area contributed by atoms with Gasteiger partial charge in [0.2, 0.25) is 0 Å². The number of amides is 2. The summed E-state index contributed by atoms with van der Waals surface area (Å²) in [5, 5.41) is 5.65. The Labute approximate surface area is 198 Å². The van der Waals surface area contributed by atoms with Gasteiger partial charge in [0.05, 0.1) is 31.7 Å². The number of rotatable bonds is 11. The van der Waals surface area contributed by atoms with Crippen LogP contribution in [0.25, 0.3) is 0 Å². The fraction of sp³-hybridized carbons (Fsp3) is 0.231. The van der Waals surface area contributed by atoms with E-state index >= 15 is 0 Å². The summed E-state index contributed by atoms with van der Waals surface area (Å²) in [5.74, 6) is 1.37. The lowest BCUT2D eigenvalue weighted by atomic mass is 10.2. The van der Waals surface area contributed by atoms with Crippen LogP contribution in [0.5, 0.6) is 23.0 Å². The number of carbonyl (C=O) groups excluding carboxylic acids is 2. The van der Waals surface area contributed by atoms with Crippen LogP contribution in [0.1, 0.15) is 24.2 Å². The van der Waals surface area contributed by atoms with Gasteiger partial charge in [0.25, 0.3) is 11.8 Å². The number of anilines is 2. The van der Waals surface area contributed by atoms with Crippen LogP contribution in [0, 0.1) is 0 Å². The first kappa shape index (κ1) is 24.4. The Hall–Kier alpha value is -4.20. The van der Waals surface area contributed by atoms with Crippen molar-refractivity contribution in [3.05, 3.63) is 72.3 Å². The molecule has 0 saturated heterocycles. The average molecular weight is 465 g/mol. The van der Waals surface area contributed by atoms with Crippen LogP contribution < -0.4 is 29.6 Å². The van der Waals surface area contributed by atoms with E-state index in [1.165, 1.54) is 0 Å². The highest BCUT2D eigenvalue weighted by Gasteiger charge is 2.17. The Morgan fingerprint density at radius 2 is 1.29 bits per heavy atom. The normalized spacial score (nSPS) is 10.2. The molecule has 34 heavy (non-hydrogen) atoms. The predicted molar refractivity (Wildman–Crippen MR) is 130 cm³/mol. The summed E-state index contributed by atoms with van der Waals surface area (Å²) in [6.45, 7) is 4.20. The first-order valence-corrected chi connectivity index (χ1v) is 10.9. The number of hydrogen-bond acceptors (Lipinski definition) is 6. The lowest BCUT2D eigenvalue weighted by molar-refractivity contribution is -0.118. The molecule has 3 aromatic rings. The number of nitrogens with one attached hydrogen (secondary N) is 2. The van der Waals surface area contributed by atoms with E-state index in [2.05, 4.69) is 10.6 Å². The van der Waals surface area contributed by atoms with Gasteiger partial charge in [-0.25, -0.2) is 0 Å². The third-order valence-corrected chi connectivity index (χ3v) is 4.67. The van der Waals surface area contributed by atoms with Crippen LogP contribution in [0.4, 0.5) is 11.4 Å². The molecular weight excluding hydrogens is 436 g/mol. The second-order valence-electron chi connectivity index (χ2n) is 7.04. The smallest absolute Gasteiger partial charge is 0.262 e. The van der Waals surface area contributed by atoms with Gasteiger partial charge < -0.3 is 29.6 Å². The van der Waals surface area contributed by atoms with E-state index in [0.29, 0.717) is 53.2 Å². The Kier molecular flexibility index (Phi) is 8.73. The zero-order valence-corrected chi connectivity index (χ0v) is 19.4. The van der Waals surface area contributed by atoms with Crippen molar-refractivity contribution >= 4 is 23.2 Å². The minimum atomic E-state index is -0.375. The van der Waals surface area contributed by atoms with Crippen molar-refractivity contribution in [3.8, 4) is 23.0 Å². The second kappa shape index (κ2) is 12.2. The van der Waals surface area contributed by atoms with Crippen LogP contribution in [0.15, 0.2) is 66.7 Å². The van der Waals surface area contributed by atoms with E-state index in [4.69, 9.17) is 18.9 Å². The Balaban J connectivity index is 1.76. The maximum Gasteiger partial charge on any atom is 0.262 e. The van der Waals surface area contributed by atoms with Gasteiger partial charge in [0.15, 0.2) is 6.61 Å². The monoisotopic (exact) mass is 464 g/mol. The van der Waals surface area contributed by atoms with Crippen molar-refractivity contribution < 1.29 is 28.5 Å². The molecule has 0 fully saturated rings. The zero-order valence-electron chi connectivity index (χ0n) is 19.4. The van der Waals surface area contributed by atoms with Gasteiger partial charge in [-0.1, -0.05) is 18.2 Å². The molecule has 0 heterocycles. The van der Waals surface area contributed by atoms with Crippen molar-refractivity contribution in [2.24, 2.45) is 0 Å². The van der Waals surface area contributed by atoms with E-state index in [9.17, 15) is 9.59 Å². The zero-order chi connectivity index (χ0) is 24.3. The van der Waals surface area contributed by atoms with E-state index < -0.39 is 0 Å². The van der Waals surface area contributed by atoms with Crippen molar-refractivity contribution in [1.82, 2.24) is 0 Å². The van der Waals surface area contributed by atoms with E-state index in [-0.39, 0.29) is 18.4 Å². The first-order valence-electron chi connectivity index (χ1n) is 10.9. The number of carbonyl (C=O) groups is 2. The molecule has 0 aliphatic carbocycles. The highest BCUT2D eigenvalue weighted by molar-refractivity contribution is 6.05. The molecule has 0 spiro atoms. The molecule has 0 unspecified atom stereocenters. The molecule has 178 valence electrons. The topological polar surface area (TPSA) is 95.1 Å². The summed E-state index contributed by atoms with van der Waals surface area (Å²) in [7, 11) is 1.58. The molecule has 0 aromatic heterocycles. The number of benzene rings is 3. The largest absolute Gasteiger partial charge is 0.497 e. The molecule has 0 aliphatic heterocycles. The third-order valence-electron chi connectivity index (χ3n) is 4.67. The lowest BCUT2D eigenvalue weighted by Gasteiger charge is -2.18. The summed E-state index contributed by atoms with van der Waals surface area (Å²) >= 11 is 0. The summed E-state index contributed by atoms with van der Waals surface area (Å²) in [6, 6.07) is 19.0. The van der Waals surface area contributed by atoms with Crippen LogP contribution in [-0.2, 0) is 4.79 Å². The lowest BCUT2D eigenvalue weighted by Crippen LogP contribution is -2.21. The average Bonchev–Trinajstić information content (AvgIpc) is 2.86. The molecule has 3 aromatic carbocycles. The van der Waals surface area contributed by atoms with Crippen LogP contribution in [0.2, 0.25) is 0 Å². The molecule has 3 rings (SSSR count). The standard InChI is InChI=1S/C26H28N2O6/c1-4-32-23-16-22(28-26(30)18-9-7-6-8-10-18)24(33-5-2)15-21(23)27-25(29)17-34-20-13-11-19(31-3)12-14-20/h6-16H,4-5,17H2,1-3H3,(H,27,29)(H,28,30). The molecule has 0 aliphatic rings. The minimum absolute atomic E-state index is 0.200. The van der Waals surface area contributed by atoms with Crippen LogP contribution in [0.3, 0.4) is 0 Å². The van der Waals surface area contributed by atoms with Gasteiger partial charge in [-0.3, -0.25) is 9.59 Å². The van der Waals surface area contributed by atoms with Crippen molar-refractivity contribution in [2.75, 3.05) is 37.6 Å². The van der Waals surface area contributed by atoms with Gasteiger partial charge >= 0.3 is 0 Å².